The fourth-order valence-electron chi connectivity index (χ4n) is 3.21. The van der Waals surface area contributed by atoms with Gasteiger partial charge in [0.05, 0.1) is 11.2 Å². The second kappa shape index (κ2) is 10.2. The maximum atomic E-state index is 13.0. The smallest absolute Gasteiger partial charge is 0.315 e. The first kappa shape index (κ1) is 25.4. The standard InChI is InChI=1S/C25H39N5O2/c1-9-10-15-29(23(32)26-19-14-12-11-13-18(19)2)17-22(31)27-21-16-20(24(3,4)5)28-30(21)25(6,7)8/h11-14,16H,9-10,15,17H2,1-8H3,(H,26,32)(H,27,31). The zero-order valence-electron chi connectivity index (χ0n) is 20.9. The highest BCUT2D eigenvalue weighted by Crippen LogP contribution is 2.28. The van der Waals surface area contributed by atoms with Crippen molar-refractivity contribution >= 4 is 23.4 Å². The van der Waals surface area contributed by atoms with Crippen LogP contribution < -0.4 is 10.6 Å². The lowest BCUT2D eigenvalue weighted by Crippen LogP contribution is -2.41. The summed E-state index contributed by atoms with van der Waals surface area (Å²) >= 11 is 0. The van der Waals surface area contributed by atoms with Crippen LogP contribution in [-0.4, -0.2) is 39.7 Å². The average Bonchev–Trinajstić information content (AvgIpc) is 3.11. The molecule has 0 aliphatic heterocycles. The first-order chi connectivity index (χ1) is 14.8. The lowest BCUT2D eigenvalue weighted by atomic mass is 9.92. The number of nitrogens with zero attached hydrogens (tertiary/aromatic N) is 3. The predicted octanol–water partition coefficient (Wildman–Crippen LogP) is 5.52. The van der Waals surface area contributed by atoms with Crippen LogP contribution in [0.4, 0.5) is 16.3 Å². The van der Waals surface area contributed by atoms with Gasteiger partial charge in [0.15, 0.2) is 0 Å². The Hall–Kier alpha value is -2.83. The zero-order valence-corrected chi connectivity index (χ0v) is 20.9. The van der Waals surface area contributed by atoms with E-state index in [0.717, 1.165) is 29.8 Å². The molecule has 7 nitrogen and oxygen atoms in total. The fourth-order valence-corrected chi connectivity index (χ4v) is 3.21. The predicted molar refractivity (Wildman–Crippen MR) is 131 cm³/mol. The quantitative estimate of drug-likeness (QED) is 0.594. The summed E-state index contributed by atoms with van der Waals surface area (Å²) < 4.78 is 1.84. The third-order valence-electron chi connectivity index (χ3n) is 5.17. The molecule has 0 radical (unpaired) electrons. The molecule has 2 N–H and O–H groups in total. The van der Waals surface area contributed by atoms with Gasteiger partial charge in [-0.15, -0.1) is 0 Å². The van der Waals surface area contributed by atoms with Crippen LogP contribution in [0.2, 0.25) is 0 Å². The summed E-state index contributed by atoms with van der Waals surface area (Å²) in [5, 5.41) is 10.7. The van der Waals surface area contributed by atoms with Crippen LogP contribution in [0, 0.1) is 6.92 Å². The number of aryl methyl sites for hydroxylation is 1. The summed E-state index contributed by atoms with van der Waals surface area (Å²) in [4.78, 5) is 27.5. The normalized spacial score (nSPS) is 11.9. The number of amides is 3. The number of carbonyl (C=O) groups is 2. The maximum absolute atomic E-state index is 13.0. The van der Waals surface area contributed by atoms with Gasteiger partial charge in [0, 0.05) is 23.7 Å². The van der Waals surface area contributed by atoms with Gasteiger partial charge < -0.3 is 15.5 Å². The van der Waals surface area contributed by atoms with Crippen LogP contribution in [0.3, 0.4) is 0 Å². The number of unbranched alkanes of at least 4 members (excludes halogenated alkanes) is 1. The third kappa shape index (κ3) is 6.84. The van der Waals surface area contributed by atoms with Crippen molar-refractivity contribution in [1.82, 2.24) is 14.7 Å². The van der Waals surface area contributed by atoms with Crippen molar-refractivity contribution in [2.45, 2.75) is 79.2 Å². The molecule has 7 heteroatoms. The lowest BCUT2D eigenvalue weighted by Gasteiger charge is -2.25. The van der Waals surface area contributed by atoms with Crippen LogP contribution in [0.15, 0.2) is 30.3 Å². The fraction of sp³-hybridized carbons (Fsp3) is 0.560. The van der Waals surface area contributed by atoms with Gasteiger partial charge >= 0.3 is 6.03 Å². The van der Waals surface area contributed by atoms with E-state index in [1.54, 1.807) is 4.90 Å². The first-order valence-electron chi connectivity index (χ1n) is 11.4. The van der Waals surface area contributed by atoms with Gasteiger partial charge in [0.2, 0.25) is 5.91 Å². The molecule has 0 unspecified atom stereocenters. The van der Waals surface area contributed by atoms with E-state index < -0.39 is 0 Å². The first-order valence-corrected chi connectivity index (χ1v) is 11.4. The van der Waals surface area contributed by atoms with Crippen molar-refractivity contribution in [3.05, 3.63) is 41.6 Å². The minimum atomic E-state index is -0.295. The van der Waals surface area contributed by atoms with E-state index in [-0.39, 0.29) is 29.4 Å². The molecule has 0 fully saturated rings. The zero-order chi connectivity index (χ0) is 24.1. The topological polar surface area (TPSA) is 79.3 Å². The largest absolute Gasteiger partial charge is 0.322 e. The summed E-state index contributed by atoms with van der Waals surface area (Å²) in [5.74, 6) is 0.397. The summed E-state index contributed by atoms with van der Waals surface area (Å²) in [5.41, 5.74) is 2.19. The molecule has 1 aromatic heterocycles. The highest BCUT2D eigenvalue weighted by atomic mass is 16.2. The Morgan fingerprint density at radius 1 is 1.06 bits per heavy atom. The SMILES string of the molecule is CCCCN(CC(=O)Nc1cc(C(C)(C)C)nn1C(C)(C)C)C(=O)Nc1ccccc1C. The lowest BCUT2D eigenvalue weighted by molar-refractivity contribution is -0.116. The van der Waals surface area contributed by atoms with Crippen molar-refractivity contribution in [2.75, 3.05) is 23.7 Å². The number of rotatable bonds is 7. The number of nitrogens with one attached hydrogen (secondary N) is 2. The monoisotopic (exact) mass is 441 g/mol. The third-order valence-corrected chi connectivity index (χ3v) is 5.17. The molecule has 0 aliphatic carbocycles. The van der Waals surface area contributed by atoms with Crippen LogP contribution in [0.1, 0.15) is 72.6 Å². The van der Waals surface area contributed by atoms with Gasteiger partial charge in [-0.1, -0.05) is 52.3 Å². The number of anilines is 2. The number of hydrogen-bond acceptors (Lipinski definition) is 3. The summed E-state index contributed by atoms with van der Waals surface area (Å²) in [6.45, 7) is 16.9. The Balaban J connectivity index is 2.19. The van der Waals surface area contributed by atoms with E-state index in [1.807, 2.05) is 62.7 Å². The summed E-state index contributed by atoms with van der Waals surface area (Å²) in [7, 11) is 0. The second-order valence-corrected chi connectivity index (χ2v) is 10.3. The van der Waals surface area contributed by atoms with Crippen LogP contribution in [-0.2, 0) is 15.7 Å². The van der Waals surface area contributed by atoms with E-state index >= 15 is 0 Å². The van der Waals surface area contributed by atoms with Gasteiger partial charge in [-0.25, -0.2) is 9.48 Å². The van der Waals surface area contributed by atoms with Crippen LogP contribution in [0.25, 0.3) is 0 Å². The Morgan fingerprint density at radius 3 is 2.28 bits per heavy atom. The molecule has 0 spiro atoms. The average molecular weight is 442 g/mol. The molecule has 0 bridgehead atoms. The van der Waals surface area contributed by atoms with E-state index in [9.17, 15) is 9.59 Å². The van der Waals surface area contributed by atoms with Crippen molar-refractivity contribution in [1.29, 1.82) is 0 Å². The molecule has 2 aromatic rings. The van der Waals surface area contributed by atoms with E-state index in [4.69, 9.17) is 5.10 Å². The Morgan fingerprint density at radius 2 is 1.72 bits per heavy atom. The molecular weight excluding hydrogens is 402 g/mol. The van der Waals surface area contributed by atoms with Crippen molar-refractivity contribution < 1.29 is 9.59 Å². The number of hydrogen-bond donors (Lipinski definition) is 2. The number of aromatic nitrogens is 2. The summed E-state index contributed by atoms with van der Waals surface area (Å²) in [6, 6.07) is 9.26. The Bertz CT molecular complexity index is 935. The minimum absolute atomic E-state index is 0.0299. The molecule has 0 saturated carbocycles. The number of urea groups is 1. The number of para-hydroxylation sites is 1. The van der Waals surface area contributed by atoms with E-state index in [0.29, 0.717) is 12.4 Å². The molecule has 1 aromatic carbocycles. The summed E-state index contributed by atoms with van der Waals surface area (Å²) in [6.07, 6.45) is 1.75. The minimum Gasteiger partial charge on any atom is -0.315 e. The number of benzene rings is 1. The van der Waals surface area contributed by atoms with Crippen molar-refractivity contribution in [3.8, 4) is 0 Å². The Kier molecular flexibility index (Phi) is 8.10. The number of carbonyl (C=O) groups excluding carboxylic acids is 2. The Labute approximate surface area is 192 Å². The molecule has 1 heterocycles. The van der Waals surface area contributed by atoms with Crippen LogP contribution >= 0.6 is 0 Å². The van der Waals surface area contributed by atoms with Gasteiger partial charge in [-0.2, -0.15) is 5.10 Å². The molecule has 176 valence electrons. The van der Waals surface area contributed by atoms with E-state index in [1.165, 1.54) is 0 Å². The van der Waals surface area contributed by atoms with Crippen LogP contribution in [0.5, 0.6) is 0 Å². The van der Waals surface area contributed by atoms with Crippen molar-refractivity contribution in [3.63, 3.8) is 0 Å². The molecule has 0 aliphatic rings. The van der Waals surface area contributed by atoms with Crippen molar-refractivity contribution in [2.24, 2.45) is 0 Å². The van der Waals surface area contributed by atoms with E-state index in [2.05, 4.69) is 38.3 Å². The van der Waals surface area contributed by atoms with Gasteiger partial charge in [0.25, 0.3) is 0 Å². The molecule has 32 heavy (non-hydrogen) atoms. The molecule has 0 saturated heterocycles. The highest BCUT2D eigenvalue weighted by molar-refractivity contribution is 5.97. The molecule has 2 rings (SSSR count). The molecular formula is C25H39N5O2. The van der Waals surface area contributed by atoms with Gasteiger partial charge in [0.1, 0.15) is 12.4 Å². The van der Waals surface area contributed by atoms with Gasteiger partial charge in [-0.3, -0.25) is 4.79 Å². The second-order valence-electron chi connectivity index (χ2n) is 10.3. The highest BCUT2D eigenvalue weighted by Gasteiger charge is 2.26. The van der Waals surface area contributed by atoms with Gasteiger partial charge in [-0.05, 0) is 45.7 Å². The molecule has 3 amide bonds. The molecule has 0 atom stereocenters. The maximum Gasteiger partial charge on any atom is 0.322 e.